The van der Waals surface area contributed by atoms with Gasteiger partial charge in [-0.05, 0) is 36.6 Å². The van der Waals surface area contributed by atoms with Crippen molar-refractivity contribution in [2.75, 3.05) is 13.2 Å². The molecule has 0 spiro atoms. The molecule has 2 aromatic rings. The highest BCUT2D eigenvalue weighted by molar-refractivity contribution is 6.15. The van der Waals surface area contributed by atoms with Gasteiger partial charge in [0, 0.05) is 6.07 Å². The molecular weight excluding hydrogens is 290 g/mol. The molecule has 1 heterocycles. The molecule has 1 aliphatic rings. The van der Waals surface area contributed by atoms with E-state index in [0.717, 1.165) is 12.2 Å². The second-order valence-electron chi connectivity index (χ2n) is 5.88. The molecule has 0 bridgehead atoms. The van der Waals surface area contributed by atoms with Crippen LogP contribution < -0.4 is 9.38 Å². The lowest BCUT2D eigenvalue weighted by molar-refractivity contribution is 0.0755. The normalized spacial score (nSPS) is 19.1. The number of amides is 1. The van der Waals surface area contributed by atoms with Gasteiger partial charge in [0.15, 0.2) is 5.69 Å². The fourth-order valence-electron chi connectivity index (χ4n) is 2.87. The van der Waals surface area contributed by atoms with Crippen molar-refractivity contribution in [3.63, 3.8) is 0 Å². The molecule has 4 nitrogen and oxygen atoms in total. The highest BCUT2D eigenvalue weighted by Gasteiger charge is 2.45. The summed E-state index contributed by atoms with van der Waals surface area (Å²) in [5.41, 5.74) is 2.36. The van der Waals surface area contributed by atoms with E-state index < -0.39 is 4.65 Å². The number of ether oxygens (including phenoxy) is 1. The number of rotatable bonds is 7. The molecule has 0 aromatic heterocycles. The number of aryl methyl sites for hydroxylation is 1. The fourth-order valence-corrected chi connectivity index (χ4v) is 2.87. The maximum Gasteiger partial charge on any atom is 0.357 e. The average Bonchev–Trinajstić information content (AvgIpc) is 2.60. The lowest BCUT2D eigenvalue weighted by Gasteiger charge is -2.46. The number of benzene rings is 2. The lowest BCUT2D eigenvalue weighted by Crippen LogP contribution is -2.58. The number of carbonyl (C=O) groups is 1. The van der Waals surface area contributed by atoms with E-state index in [-0.39, 0.29) is 19.1 Å². The molecule has 0 aliphatic carbocycles. The lowest BCUT2D eigenvalue weighted by atomic mass is 10.0. The average molecular weight is 311 g/mol. The standard InChI is InChI=1S/C19H21NO3/c1-2-3-6-15-9-11-16(12-10-15)23-14-13-20(22)18-8-5-4-7-17(18)19(20)21/h4-5,7-12H,2-3,6,13-14H2,1H3. The van der Waals surface area contributed by atoms with Crippen molar-refractivity contribution < 1.29 is 9.53 Å². The first-order valence-corrected chi connectivity index (χ1v) is 8.10. The van der Waals surface area contributed by atoms with Crippen molar-refractivity contribution in [3.05, 3.63) is 64.9 Å². The van der Waals surface area contributed by atoms with Crippen LogP contribution in [0.25, 0.3) is 0 Å². The minimum atomic E-state index is -0.912. The minimum Gasteiger partial charge on any atom is -0.619 e. The number of carbonyl (C=O) groups excluding carboxylic acids is 1. The molecule has 0 saturated heterocycles. The summed E-state index contributed by atoms with van der Waals surface area (Å²) in [5, 5.41) is 12.6. The summed E-state index contributed by atoms with van der Waals surface area (Å²) in [5.74, 6) is 0.359. The SMILES string of the molecule is CCCCc1ccc(OCC[N+]2([O-])C(=O)c3ccccc32)cc1. The van der Waals surface area contributed by atoms with Crippen molar-refractivity contribution in [1.29, 1.82) is 0 Å². The number of hydrogen-bond acceptors (Lipinski definition) is 3. The number of hydrogen-bond donors (Lipinski definition) is 0. The zero-order valence-corrected chi connectivity index (χ0v) is 13.3. The van der Waals surface area contributed by atoms with Crippen LogP contribution in [0.4, 0.5) is 5.69 Å². The van der Waals surface area contributed by atoms with Gasteiger partial charge in [-0.1, -0.05) is 37.6 Å². The van der Waals surface area contributed by atoms with Crippen LogP contribution in [0, 0.1) is 5.21 Å². The summed E-state index contributed by atoms with van der Waals surface area (Å²) in [6.07, 6.45) is 3.43. The van der Waals surface area contributed by atoms with Crippen LogP contribution in [-0.2, 0) is 6.42 Å². The summed E-state index contributed by atoms with van der Waals surface area (Å²) < 4.78 is 4.72. The monoisotopic (exact) mass is 311 g/mol. The van der Waals surface area contributed by atoms with Crippen LogP contribution in [0.5, 0.6) is 5.75 Å². The van der Waals surface area contributed by atoms with E-state index in [2.05, 4.69) is 19.1 Å². The zero-order valence-electron chi connectivity index (χ0n) is 13.3. The number of unbranched alkanes of at least 4 members (excludes halogenated alkanes) is 1. The van der Waals surface area contributed by atoms with Gasteiger partial charge >= 0.3 is 5.91 Å². The van der Waals surface area contributed by atoms with Gasteiger partial charge in [-0.25, -0.2) is 4.79 Å². The Kier molecular flexibility index (Phi) is 4.46. The predicted octanol–water partition coefficient (Wildman–Crippen LogP) is 4.07. The molecule has 1 amide bonds. The van der Waals surface area contributed by atoms with E-state index in [1.54, 1.807) is 24.3 Å². The number of quaternary nitrogens is 1. The van der Waals surface area contributed by atoms with Gasteiger partial charge in [-0.3, -0.25) is 4.65 Å². The number of para-hydroxylation sites is 1. The van der Waals surface area contributed by atoms with Crippen molar-refractivity contribution in [3.8, 4) is 5.75 Å². The van der Waals surface area contributed by atoms with Gasteiger partial charge in [0.2, 0.25) is 0 Å². The van der Waals surface area contributed by atoms with E-state index in [1.807, 2.05) is 12.1 Å². The Labute approximate surface area is 136 Å². The molecule has 2 aromatic carbocycles. The fraction of sp³-hybridized carbons (Fsp3) is 0.316. The number of nitrogens with zero attached hydrogens (tertiary/aromatic N) is 1. The van der Waals surface area contributed by atoms with Gasteiger partial charge in [-0.15, -0.1) is 0 Å². The van der Waals surface area contributed by atoms with Crippen LogP contribution in [0.15, 0.2) is 48.5 Å². The van der Waals surface area contributed by atoms with E-state index in [4.69, 9.17) is 4.74 Å². The molecule has 1 atom stereocenters. The Morgan fingerprint density at radius 1 is 1.09 bits per heavy atom. The summed E-state index contributed by atoms with van der Waals surface area (Å²) in [6.45, 7) is 2.50. The van der Waals surface area contributed by atoms with Crippen molar-refractivity contribution in [1.82, 2.24) is 4.65 Å². The van der Waals surface area contributed by atoms with Crippen molar-refractivity contribution in [2.24, 2.45) is 0 Å². The van der Waals surface area contributed by atoms with Gasteiger partial charge in [0.1, 0.15) is 24.5 Å². The second kappa shape index (κ2) is 6.52. The predicted molar refractivity (Wildman–Crippen MR) is 91.3 cm³/mol. The molecule has 0 radical (unpaired) electrons. The zero-order chi connectivity index (χ0) is 16.3. The summed E-state index contributed by atoms with van der Waals surface area (Å²) >= 11 is 0. The summed E-state index contributed by atoms with van der Waals surface area (Å²) in [6, 6.07) is 14.9. The molecule has 0 N–H and O–H groups in total. The van der Waals surface area contributed by atoms with Crippen LogP contribution in [0.3, 0.4) is 0 Å². The molecular formula is C19H21NO3. The number of hydroxylamine groups is 2. The summed E-state index contributed by atoms with van der Waals surface area (Å²) in [4.78, 5) is 12.0. The first-order chi connectivity index (χ1) is 11.1. The molecule has 3 rings (SSSR count). The van der Waals surface area contributed by atoms with Crippen LogP contribution >= 0.6 is 0 Å². The Bertz CT molecular complexity index is 696. The molecule has 0 fully saturated rings. The Hall–Kier alpha value is -2.17. The third-order valence-electron chi connectivity index (χ3n) is 4.27. The van der Waals surface area contributed by atoms with Crippen molar-refractivity contribution >= 4 is 11.6 Å². The third kappa shape index (κ3) is 3.00. The van der Waals surface area contributed by atoms with Crippen LogP contribution in [-0.4, -0.2) is 19.1 Å². The smallest absolute Gasteiger partial charge is 0.357 e. The first kappa shape index (κ1) is 15.7. The molecule has 0 saturated carbocycles. The minimum absolute atomic E-state index is 0.105. The van der Waals surface area contributed by atoms with Gasteiger partial charge in [-0.2, -0.15) is 0 Å². The van der Waals surface area contributed by atoms with Crippen LogP contribution in [0.1, 0.15) is 35.7 Å². The maximum atomic E-state index is 12.6. The highest BCUT2D eigenvalue weighted by Crippen LogP contribution is 2.38. The quantitative estimate of drug-likeness (QED) is 0.572. The topological polar surface area (TPSA) is 49.4 Å². The molecule has 1 unspecified atom stereocenters. The Morgan fingerprint density at radius 3 is 2.57 bits per heavy atom. The van der Waals surface area contributed by atoms with Gasteiger partial charge in [0.25, 0.3) is 0 Å². The molecule has 23 heavy (non-hydrogen) atoms. The second-order valence-corrected chi connectivity index (χ2v) is 5.88. The molecule has 1 aliphatic heterocycles. The van der Waals surface area contributed by atoms with Crippen LogP contribution in [0.2, 0.25) is 0 Å². The maximum absolute atomic E-state index is 12.6. The number of fused-ring (bicyclic) bond motifs is 1. The van der Waals surface area contributed by atoms with E-state index in [9.17, 15) is 10.0 Å². The van der Waals surface area contributed by atoms with E-state index in [1.165, 1.54) is 18.4 Å². The third-order valence-corrected chi connectivity index (χ3v) is 4.27. The Morgan fingerprint density at radius 2 is 1.83 bits per heavy atom. The largest absolute Gasteiger partial charge is 0.619 e. The summed E-state index contributed by atoms with van der Waals surface area (Å²) in [7, 11) is 0. The van der Waals surface area contributed by atoms with Gasteiger partial charge < -0.3 is 9.94 Å². The van der Waals surface area contributed by atoms with Gasteiger partial charge in [0.05, 0.1) is 0 Å². The molecule has 4 heteroatoms. The first-order valence-electron chi connectivity index (χ1n) is 8.10. The van der Waals surface area contributed by atoms with E-state index in [0.29, 0.717) is 11.3 Å². The van der Waals surface area contributed by atoms with Crippen molar-refractivity contribution in [2.45, 2.75) is 26.2 Å². The highest BCUT2D eigenvalue weighted by atomic mass is 16.6. The van der Waals surface area contributed by atoms with E-state index >= 15 is 0 Å². The molecule has 120 valence electrons. The Balaban J connectivity index is 1.55.